The number of aliphatic carboxylic acids is 1. The van der Waals surface area contributed by atoms with Crippen LogP contribution < -0.4 is 5.73 Å². The van der Waals surface area contributed by atoms with Gasteiger partial charge in [-0.05, 0) is 36.0 Å². The molecule has 4 heteroatoms. The first-order valence-electron chi connectivity index (χ1n) is 7.63. The van der Waals surface area contributed by atoms with E-state index in [9.17, 15) is 4.79 Å². The smallest absolute Gasteiger partial charge is 0.320 e. The molecular weight excluding hydrogens is 264 g/mol. The third kappa shape index (κ3) is 3.10. The minimum atomic E-state index is -0.944. The van der Waals surface area contributed by atoms with Gasteiger partial charge >= 0.3 is 5.97 Å². The summed E-state index contributed by atoms with van der Waals surface area (Å²) in [6, 6.07) is 5.49. The third-order valence-electron chi connectivity index (χ3n) is 3.90. The quantitative estimate of drug-likeness (QED) is 0.908. The molecule has 0 aliphatic heterocycles. The molecule has 1 unspecified atom stereocenters. The number of carboxylic acid groups (broad SMARTS) is 1. The van der Waals surface area contributed by atoms with Crippen molar-refractivity contribution in [3.05, 3.63) is 35.5 Å². The molecule has 0 bridgehead atoms. The van der Waals surface area contributed by atoms with Gasteiger partial charge in [-0.3, -0.25) is 4.79 Å². The first-order valence-corrected chi connectivity index (χ1v) is 7.63. The average Bonchev–Trinajstić information content (AvgIpc) is 3.27. The van der Waals surface area contributed by atoms with Crippen molar-refractivity contribution in [3.8, 4) is 0 Å². The molecule has 1 aliphatic rings. The summed E-state index contributed by atoms with van der Waals surface area (Å²) in [5.74, 6) is -0.299. The number of hydrogen-bond acceptors (Lipinski definition) is 2. The number of rotatable bonds is 4. The lowest BCUT2D eigenvalue weighted by atomic mass is 9.99. The summed E-state index contributed by atoms with van der Waals surface area (Å²) in [6.07, 6.45) is 4.87. The van der Waals surface area contributed by atoms with E-state index in [2.05, 4.69) is 22.8 Å². The van der Waals surface area contributed by atoms with Crippen LogP contribution in [0.15, 0.2) is 24.4 Å². The highest BCUT2D eigenvalue weighted by Gasteiger charge is 2.27. The molecule has 0 saturated heterocycles. The van der Waals surface area contributed by atoms with Crippen molar-refractivity contribution < 1.29 is 9.90 Å². The van der Waals surface area contributed by atoms with Crippen LogP contribution in [0.5, 0.6) is 0 Å². The maximum Gasteiger partial charge on any atom is 0.320 e. The summed E-state index contributed by atoms with van der Waals surface area (Å²) in [4.78, 5) is 10.9. The second-order valence-electron chi connectivity index (χ2n) is 5.43. The number of nitrogens with zero attached hydrogens (tertiary/aromatic N) is 1. The van der Waals surface area contributed by atoms with Gasteiger partial charge < -0.3 is 15.4 Å². The summed E-state index contributed by atoms with van der Waals surface area (Å²) >= 11 is 0. The van der Waals surface area contributed by atoms with Crippen LogP contribution in [0.25, 0.3) is 10.9 Å². The fourth-order valence-corrected chi connectivity index (χ4v) is 2.78. The van der Waals surface area contributed by atoms with Gasteiger partial charge in [-0.1, -0.05) is 26.0 Å². The van der Waals surface area contributed by atoms with Crippen LogP contribution in [0.1, 0.15) is 43.7 Å². The highest BCUT2D eigenvalue weighted by molar-refractivity contribution is 5.89. The molecule has 1 atom stereocenters. The van der Waals surface area contributed by atoms with Gasteiger partial charge in [0.05, 0.1) is 0 Å². The number of aromatic nitrogens is 1. The zero-order valence-electron chi connectivity index (χ0n) is 13.0. The Kier molecular flexibility index (Phi) is 4.68. The first-order chi connectivity index (χ1) is 10.1. The predicted octanol–water partition coefficient (Wildman–Crippen LogP) is 3.04. The monoisotopic (exact) mass is 288 g/mol. The topological polar surface area (TPSA) is 68.2 Å². The van der Waals surface area contributed by atoms with Gasteiger partial charge in [0, 0.05) is 30.6 Å². The highest BCUT2D eigenvalue weighted by Crippen LogP contribution is 2.44. The van der Waals surface area contributed by atoms with Crippen LogP contribution >= 0.6 is 0 Å². The van der Waals surface area contributed by atoms with Crippen molar-refractivity contribution in [3.63, 3.8) is 0 Å². The molecule has 1 aromatic carbocycles. The van der Waals surface area contributed by atoms with E-state index < -0.39 is 12.0 Å². The molecule has 1 saturated carbocycles. The fraction of sp³-hybridized carbons (Fsp3) is 0.471. The van der Waals surface area contributed by atoms with Crippen molar-refractivity contribution in [1.82, 2.24) is 4.57 Å². The number of carbonyl (C=O) groups is 1. The van der Waals surface area contributed by atoms with Gasteiger partial charge in [0.15, 0.2) is 0 Å². The first kappa shape index (κ1) is 15.6. The Balaban J connectivity index is 0.000000774. The molecule has 3 N–H and O–H groups in total. The zero-order chi connectivity index (χ0) is 15.6. The Bertz CT molecular complexity index is 642. The number of carboxylic acids is 1. The van der Waals surface area contributed by atoms with E-state index in [0.29, 0.717) is 12.3 Å². The van der Waals surface area contributed by atoms with Crippen molar-refractivity contribution in [2.75, 3.05) is 0 Å². The SMILES string of the molecule is CC.Cn1cc(CC(N)C(=O)O)c2c(C3CC3)cccc21. The van der Waals surface area contributed by atoms with E-state index in [0.717, 1.165) is 11.1 Å². The Hall–Kier alpha value is -1.81. The van der Waals surface area contributed by atoms with Crippen LogP contribution in [0, 0.1) is 0 Å². The average molecular weight is 288 g/mol. The summed E-state index contributed by atoms with van der Waals surface area (Å²) < 4.78 is 2.06. The molecule has 114 valence electrons. The van der Waals surface area contributed by atoms with E-state index in [1.165, 1.54) is 23.8 Å². The van der Waals surface area contributed by atoms with Crippen molar-refractivity contribution in [2.24, 2.45) is 12.8 Å². The largest absolute Gasteiger partial charge is 0.480 e. The fourth-order valence-electron chi connectivity index (χ4n) is 2.78. The van der Waals surface area contributed by atoms with E-state index in [4.69, 9.17) is 10.8 Å². The van der Waals surface area contributed by atoms with Crippen molar-refractivity contribution >= 4 is 16.9 Å². The molecule has 21 heavy (non-hydrogen) atoms. The minimum Gasteiger partial charge on any atom is -0.480 e. The van der Waals surface area contributed by atoms with Crippen LogP contribution in [-0.4, -0.2) is 21.7 Å². The van der Waals surface area contributed by atoms with E-state index in [-0.39, 0.29) is 0 Å². The van der Waals surface area contributed by atoms with Gasteiger partial charge in [0.25, 0.3) is 0 Å². The molecule has 4 nitrogen and oxygen atoms in total. The molecule has 1 aliphatic carbocycles. The molecule has 0 spiro atoms. The second kappa shape index (κ2) is 6.31. The summed E-state index contributed by atoms with van der Waals surface area (Å²) in [7, 11) is 1.99. The van der Waals surface area contributed by atoms with Crippen molar-refractivity contribution in [2.45, 2.75) is 45.1 Å². The van der Waals surface area contributed by atoms with Gasteiger partial charge in [-0.2, -0.15) is 0 Å². The Morgan fingerprint density at radius 3 is 2.67 bits per heavy atom. The molecule has 2 aromatic rings. The Morgan fingerprint density at radius 1 is 1.43 bits per heavy atom. The van der Waals surface area contributed by atoms with Gasteiger partial charge in [-0.15, -0.1) is 0 Å². The number of fused-ring (bicyclic) bond motifs is 1. The number of nitrogens with two attached hydrogens (primary N) is 1. The molecule has 3 rings (SSSR count). The third-order valence-corrected chi connectivity index (χ3v) is 3.90. The molecule has 1 heterocycles. The second-order valence-corrected chi connectivity index (χ2v) is 5.43. The summed E-state index contributed by atoms with van der Waals surface area (Å²) in [5, 5.41) is 10.2. The molecule has 0 amide bonds. The number of hydrogen-bond donors (Lipinski definition) is 2. The summed E-state index contributed by atoms with van der Waals surface area (Å²) in [5.41, 5.74) is 9.25. The van der Waals surface area contributed by atoms with E-state index >= 15 is 0 Å². The molecule has 1 aromatic heterocycles. The Morgan fingerprint density at radius 2 is 2.10 bits per heavy atom. The maximum absolute atomic E-state index is 10.9. The summed E-state index contributed by atoms with van der Waals surface area (Å²) in [6.45, 7) is 4.00. The normalized spacial score (nSPS) is 15.4. The van der Waals surface area contributed by atoms with E-state index in [1.54, 1.807) is 0 Å². The van der Waals surface area contributed by atoms with Crippen LogP contribution in [0.3, 0.4) is 0 Å². The lowest BCUT2D eigenvalue weighted by molar-refractivity contribution is -0.138. The van der Waals surface area contributed by atoms with Crippen LogP contribution in [0.2, 0.25) is 0 Å². The Labute approximate surface area is 125 Å². The number of benzene rings is 1. The number of aryl methyl sites for hydroxylation is 1. The molecular formula is C17H24N2O2. The lowest BCUT2D eigenvalue weighted by Gasteiger charge is -2.08. The lowest BCUT2D eigenvalue weighted by Crippen LogP contribution is -2.32. The zero-order valence-corrected chi connectivity index (χ0v) is 13.0. The van der Waals surface area contributed by atoms with Gasteiger partial charge in [-0.25, -0.2) is 0 Å². The molecule has 1 fully saturated rings. The maximum atomic E-state index is 10.9. The van der Waals surface area contributed by atoms with Crippen LogP contribution in [0.4, 0.5) is 0 Å². The van der Waals surface area contributed by atoms with Crippen molar-refractivity contribution in [1.29, 1.82) is 0 Å². The highest BCUT2D eigenvalue weighted by atomic mass is 16.4. The molecule has 0 radical (unpaired) electrons. The standard InChI is InChI=1S/C15H18N2O2.C2H6/c1-17-8-10(7-12(16)15(18)19)14-11(9-5-6-9)3-2-4-13(14)17;1-2/h2-4,8-9,12H,5-7,16H2,1H3,(H,18,19);1-2H3. The van der Waals surface area contributed by atoms with Gasteiger partial charge in [0.2, 0.25) is 0 Å². The van der Waals surface area contributed by atoms with Gasteiger partial charge in [0.1, 0.15) is 6.04 Å². The van der Waals surface area contributed by atoms with Crippen LogP contribution in [-0.2, 0) is 18.3 Å². The van der Waals surface area contributed by atoms with E-state index in [1.807, 2.05) is 27.1 Å². The predicted molar refractivity (Wildman–Crippen MR) is 85.6 cm³/mol. The minimum absolute atomic E-state index is 0.385.